The van der Waals surface area contributed by atoms with Gasteiger partial charge in [0.15, 0.2) is 0 Å². The zero-order valence-corrected chi connectivity index (χ0v) is 91.9. The molecule has 4 aromatic heterocycles. The molecule has 0 aliphatic carbocycles. The van der Waals surface area contributed by atoms with Crippen LogP contribution in [0.4, 0.5) is 45.5 Å². The number of carbonyl (C=O) groups excluding carboxylic acids is 4. The van der Waals surface area contributed by atoms with Crippen molar-refractivity contribution in [3.63, 3.8) is 0 Å². The first-order valence-electron chi connectivity index (χ1n) is 46.6. The first kappa shape index (κ1) is 113. The van der Waals surface area contributed by atoms with Gasteiger partial charge in [0, 0.05) is 149 Å². The highest BCUT2D eigenvalue weighted by atomic mass is 35.5. The van der Waals surface area contributed by atoms with Crippen molar-refractivity contribution < 1.29 is 95.1 Å². The number of aromatic carboxylic acids is 4. The molecule has 16 rings (SSSR count). The molecule has 0 bridgehead atoms. The van der Waals surface area contributed by atoms with Crippen LogP contribution in [0.1, 0.15) is 135 Å². The van der Waals surface area contributed by atoms with Crippen LogP contribution in [0.15, 0.2) is 273 Å². The highest BCUT2D eigenvalue weighted by Gasteiger charge is 2.44. The number of anilines is 8. The van der Waals surface area contributed by atoms with Gasteiger partial charge in [0.25, 0.3) is 23.6 Å². The molecule has 4 atom stereocenters. The van der Waals surface area contributed by atoms with E-state index in [4.69, 9.17) is 41.3 Å². The van der Waals surface area contributed by atoms with Crippen LogP contribution in [0.2, 0.25) is 10.0 Å². The average Bonchev–Trinajstić information content (AvgIpc) is 1.63. The number of aryl methyl sites for hydroxylation is 4. The van der Waals surface area contributed by atoms with E-state index in [1.807, 2.05) is 98.7 Å². The summed E-state index contributed by atoms with van der Waals surface area (Å²) in [6.45, 7) is 20.5. The number of nitrogens with one attached hydrogen (secondary N) is 4. The molecule has 4 aliphatic rings. The Morgan fingerprint density at radius 3 is 0.899 bits per heavy atom. The molecule has 32 nitrogen and oxygen atoms in total. The predicted molar refractivity (Wildman–Crippen MR) is 604 cm³/mol. The van der Waals surface area contributed by atoms with Gasteiger partial charge in [-0.25, -0.2) is 19.2 Å². The molecule has 4 unspecified atom stereocenters. The molecule has 0 saturated heterocycles. The van der Waals surface area contributed by atoms with Gasteiger partial charge in [-0.05, 0) is 267 Å². The lowest BCUT2D eigenvalue weighted by atomic mass is 10.1. The number of halogens is 2. The van der Waals surface area contributed by atoms with Gasteiger partial charge in [0.2, 0.25) is 0 Å². The lowest BCUT2D eigenvalue weighted by molar-refractivity contribution is -0.113. The summed E-state index contributed by atoms with van der Waals surface area (Å²) < 4.78 is 86.1. The zero-order valence-electron chi connectivity index (χ0n) is 83.6. The van der Waals surface area contributed by atoms with Gasteiger partial charge < -0.3 is 59.8 Å². The molecule has 149 heavy (non-hydrogen) atoms. The fourth-order valence-electron chi connectivity index (χ4n) is 16.4. The average molecular weight is 2210 g/mol. The van der Waals surface area contributed by atoms with Crippen molar-refractivity contribution in [3.05, 3.63) is 305 Å². The number of carboxylic acid groups (broad SMARTS) is 4. The summed E-state index contributed by atoms with van der Waals surface area (Å²) in [6.07, 6.45) is 16.2. The minimum absolute atomic E-state index is 0.0347. The summed E-state index contributed by atoms with van der Waals surface area (Å²) in [4.78, 5) is 117. The molecule has 0 fully saturated rings. The van der Waals surface area contributed by atoms with E-state index in [2.05, 4.69) is 41.2 Å². The normalized spacial score (nSPS) is 14.3. The van der Waals surface area contributed by atoms with Crippen molar-refractivity contribution in [3.8, 4) is 41.8 Å². The number of amides is 4. The Balaban J connectivity index is 0.000000166. The van der Waals surface area contributed by atoms with Gasteiger partial charge in [-0.15, -0.1) is 45.3 Å². The number of hydrogen-bond donors (Lipinski definition) is 8. The summed E-state index contributed by atoms with van der Waals surface area (Å²) in [5.74, 6) is -5.65. The second kappa shape index (κ2) is 49.3. The summed E-state index contributed by atoms with van der Waals surface area (Å²) in [5, 5.41) is 54.2. The number of benzene rings is 8. The van der Waals surface area contributed by atoms with Gasteiger partial charge in [-0.1, -0.05) is 107 Å². The molecule has 8 heterocycles. The van der Waals surface area contributed by atoms with Crippen LogP contribution in [0.25, 0.3) is 41.8 Å². The van der Waals surface area contributed by atoms with E-state index in [0.29, 0.717) is 145 Å². The molecule has 42 heteroatoms. The predicted octanol–water partition coefficient (Wildman–Crippen LogP) is 25.3. The Morgan fingerprint density at radius 2 is 0.624 bits per heavy atom. The minimum Gasteiger partial charge on any atom is -0.477 e. The van der Waals surface area contributed by atoms with Gasteiger partial charge >= 0.3 is 54.0 Å². The summed E-state index contributed by atoms with van der Waals surface area (Å²) in [6, 6.07) is 58.5. The minimum atomic E-state index is -3.69. The molecule has 8 N–H and O–H groups in total. The van der Waals surface area contributed by atoms with Crippen molar-refractivity contribution in [1.82, 2.24) is 0 Å². The van der Waals surface area contributed by atoms with E-state index >= 15 is 0 Å². The molecule has 8 aromatic carbocycles. The van der Waals surface area contributed by atoms with E-state index in [0.717, 1.165) is 84.3 Å². The van der Waals surface area contributed by atoms with Crippen molar-refractivity contribution in [1.29, 1.82) is 0 Å². The number of nitrogens with zero attached hydrogens (tertiary/aromatic N) is 8. The summed E-state index contributed by atoms with van der Waals surface area (Å²) in [5.41, 5.74) is 11.7. The topological polar surface area (TPSA) is 433 Å². The van der Waals surface area contributed by atoms with Crippen molar-refractivity contribution >= 4 is 238 Å². The molecule has 0 spiro atoms. The van der Waals surface area contributed by atoms with Crippen LogP contribution in [0.5, 0.6) is 0 Å². The van der Waals surface area contributed by atoms with Crippen LogP contribution in [-0.2, 0) is 55.5 Å². The largest absolute Gasteiger partial charge is 0.477 e. The molecule has 12 aromatic rings. The maximum atomic E-state index is 14.5. The molecule has 4 aliphatic heterocycles. The Kier molecular flexibility index (Phi) is 37.3. The zero-order chi connectivity index (χ0) is 108. The molecular formula is C107H108Cl2N12O20P4S4. The van der Waals surface area contributed by atoms with E-state index in [-0.39, 0.29) is 73.6 Å². The van der Waals surface area contributed by atoms with Gasteiger partial charge in [0.05, 0.1) is 50.6 Å². The van der Waals surface area contributed by atoms with Crippen LogP contribution in [0, 0.1) is 27.7 Å². The lowest BCUT2D eigenvalue weighted by Crippen LogP contribution is -2.34. The highest BCUT2D eigenvalue weighted by molar-refractivity contribution is 7.70. The smallest absolute Gasteiger partial charge is 0.348 e. The van der Waals surface area contributed by atoms with Crippen LogP contribution in [0.3, 0.4) is 0 Å². The Bertz CT molecular complexity index is 7370. The fraction of sp³-hybridized carbons (Fsp3) is 0.215. The third-order valence-electron chi connectivity index (χ3n) is 23.3. The van der Waals surface area contributed by atoms with Crippen molar-refractivity contribution in [2.75, 3.05) is 74.9 Å². The summed E-state index contributed by atoms with van der Waals surface area (Å²) in [7, 11) is -8.96. The van der Waals surface area contributed by atoms with Gasteiger partial charge in [0.1, 0.15) is 42.3 Å². The molecule has 0 radical (unpaired) electrons. The number of rotatable bonds is 36. The second-order valence-corrected chi connectivity index (χ2v) is 49.1. The number of carbonyl (C=O) groups is 8. The Morgan fingerprint density at radius 1 is 0.356 bits per heavy atom. The van der Waals surface area contributed by atoms with E-state index in [9.17, 15) is 77.0 Å². The standard InChI is InChI=1S/C28H30N3O5PS.C27H28N3O5PS.2C26H25ClN3O5PS/c1-17(2)31(37(35,36-5)24-13-8-18(3)15-19(24)4)23-16-25(38-26(23)28(33)34)20-9-11-21(12-10-20)30-27(32)22-7-6-14-29-22;1-17(2)30(36(34,35-4)21-13-7-18(3)8-14-21)23-16-24(37-25(23)27(32)33)19-9-11-20(12-10-19)29-26(31)22-6-5-15-28-22;1-16(2)30(36(34,35-3)20-12-8-18(27)9-13-20)22-15-23(37-24(22)26(32)33)17-6-10-19(11-7-17)29-25(31)21-5-4-14-28-21;1-4-35-36(34,22-12-9-18(27)14-16(22)2)30(3)21-15-23(37-24(21)26(32)33)17-7-10-19(11-8-17)29-25(31)20-6-5-13-28-20/h7-17H,6H2,1-5H3,(H,30,32)(H,33,34);6-17H,5H2,1-4H3,(H,29,31)(H,32,33);5-16H,4H2,1-3H3,(H,29,31)(H,32,33);6-15H,4-5H2,1-3H3,(H,29,31)(H,32,33). The monoisotopic (exact) mass is 2200 g/mol. The Labute approximate surface area is 888 Å². The second-order valence-electron chi connectivity index (χ2n) is 34.6. The Hall–Kier alpha value is -13.5. The number of hydrogen-bond acceptors (Lipinski definition) is 24. The molecular weight excluding hydrogens is 2100 g/mol. The third kappa shape index (κ3) is 26.0. The maximum absolute atomic E-state index is 14.5. The van der Waals surface area contributed by atoms with E-state index in [1.54, 1.807) is 249 Å². The van der Waals surface area contributed by atoms with Crippen molar-refractivity contribution in [2.45, 2.75) is 120 Å². The van der Waals surface area contributed by atoms with Gasteiger partial charge in [-0.2, -0.15) is 0 Å². The number of carboxylic acids is 4. The quantitative estimate of drug-likeness (QED) is 0.0169. The first-order valence-corrected chi connectivity index (χ1v) is 56.9. The number of thiophene rings is 4. The van der Waals surface area contributed by atoms with Crippen molar-refractivity contribution in [2.24, 2.45) is 20.0 Å². The van der Waals surface area contributed by atoms with Crippen LogP contribution in [-0.4, -0.2) is 146 Å². The molecule has 0 saturated carbocycles. The van der Waals surface area contributed by atoms with E-state index in [1.165, 1.54) is 30.7 Å². The fourth-order valence-corrected chi connectivity index (χ4v) is 30.0. The van der Waals surface area contributed by atoms with Crippen LogP contribution < -0.4 is 61.2 Å². The van der Waals surface area contributed by atoms with E-state index < -0.39 is 54.0 Å². The molecule has 774 valence electrons. The molecule has 4 amide bonds. The highest BCUT2D eigenvalue weighted by Crippen LogP contribution is 2.60. The number of allylic oxidation sites excluding steroid dienone is 4. The maximum Gasteiger partial charge on any atom is 0.348 e. The van der Waals surface area contributed by atoms with Gasteiger partial charge in [-0.3, -0.25) is 76.1 Å². The van der Waals surface area contributed by atoms with Crippen LogP contribution >= 0.6 is 98.6 Å². The lowest BCUT2D eigenvalue weighted by Gasteiger charge is -2.35. The SMILES string of the molecule is CCOP(=O)(c1ccc(Cl)cc1C)N(C)c1cc(-c2ccc(NC(=O)C3=CCC=N3)cc2)sc1C(=O)O.COP(=O)(c1ccc(C)cc1)N(c1cc(-c2ccc(NC(=O)C3=CCC=N3)cc2)sc1C(=O)O)C(C)C.COP(=O)(c1ccc(C)cc1C)N(c1cc(-c2ccc(NC(=O)C3=CCC=N3)cc2)sc1C(=O)O)C(C)C.COP(=O)(c1ccc(Cl)cc1)N(c1cc(-c2ccc(NC(=O)C3=CCC=N3)cc2)sc1C(=O)O)C(C)C. The summed E-state index contributed by atoms with van der Waals surface area (Å²) >= 11 is 16.5. The third-order valence-corrected chi connectivity index (χ3v) is 39.4. The number of aliphatic imine (C=N–C) groups is 4. The first-order chi connectivity index (χ1) is 70.9.